The van der Waals surface area contributed by atoms with Crippen LogP contribution in [-0.2, 0) is 14.3 Å². The zero-order valence-electron chi connectivity index (χ0n) is 20.6. The second-order valence-electron chi connectivity index (χ2n) is 8.78. The molecule has 0 saturated heterocycles. The second-order valence-corrected chi connectivity index (χ2v) is 9.90. The minimum absolute atomic E-state index is 0.0671. The minimum atomic E-state index is -0.596. The maximum absolute atomic E-state index is 12.7. The van der Waals surface area contributed by atoms with Crippen molar-refractivity contribution < 1.29 is 19.1 Å². The Morgan fingerprint density at radius 3 is 2.50 bits per heavy atom. The van der Waals surface area contributed by atoms with Gasteiger partial charge in [-0.15, -0.1) is 11.8 Å². The highest BCUT2D eigenvalue weighted by molar-refractivity contribution is 7.99. The first-order valence-corrected chi connectivity index (χ1v) is 12.2. The molecule has 2 aromatic rings. The zero-order valence-corrected chi connectivity index (χ0v) is 21.4. The summed E-state index contributed by atoms with van der Waals surface area (Å²) in [6.45, 7) is 11.1. The van der Waals surface area contributed by atoms with Crippen molar-refractivity contribution in [3.05, 3.63) is 34.9 Å². The fraction of sp³-hybridized carbons (Fsp3) is 0.500. The Balaban J connectivity index is 2.10. The molecule has 0 spiro atoms. The molecule has 0 unspecified atom stereocenters. The molecule has 10 heteroatoms. The number of hydrogen-bond acceptors (Lipinski definition) is 9. The molecule has 0 radical (unpaired) electrons. The van der Waals surface area contributed by atoms with Crippen LogP contribution in [0.15, 0.2) is 23.2 Å². The first kappa shape index (κ1) is 27.6. The number of carbonyl (C=O) groups is 2. The first-order valence-electron chi connectivity index (χ1n) is 11.2. The van der Waals surface area contributed by atoms with Crippen molar-refractivity contribution in [2.45, 2.75) is 51.7 Å². The molecule has 0 bridgehead atoms. The number of ether oxygens (including phenoxy) is 2. The monoisotopic (exact) mass is 489 g/mol. The van der Waals surface area contributed by atoms with E-state index in [1.165, 1.54) is 11.8 Å². The lowest BCUT2D eigenvalue weighted by Crippen LogP contribution is -2.28. The first-order chi connectivity index (χ1) is 16.0. The lowest BCUT2D eigenvalue weighted by Gasteiger charge is -2.21. The number of nitrogens with two attached hydrogens (primary N) is 2. The summed E-state index contributed by atoms with van der Waals surface area (Å²) in [5.41, 5.74) is 14.4. The minimum Gasteiger partial charge on any atom is -0.456 e. The van der Waals surface area contributed by atoms with Crippen molar-refractivity contribution in [1.82, 2.24) is 15.3 Å². The molecule has 9 nitrogen and oxygen atoms in total. The smallest absolute Gasteiger partial charge is 0.338 e. The molecule has 5 N–H and O–H groups in total. The van der Waals surface area contributed by atoms with E-state index in [0.29, 0.717) is 54.8 Å². The summed E-state index contributed by atoms with van der Waals surface area (Å²) in [4.78, 5) is 33.4. The Hall–Kier alpha value is -2.69. The van der Waals surface area contributed by atoms with E-state index in [4.69, 9.17) is 20.9 Å². The standard InChI is InChI=1S/C24H35N5O4S/c1-15-12-16(2)18(22(31)33-24(3,4)5)13-17(15)19-14-21(29-23(26)28-19)34-11-6-20(30)27-8-10-32-9-7-25/h12-14H,6-11,25H2,1-5H3,(H,27,30)(H2,26,28,29). The summed E-state index contributed by atoms with van der Waals surface area (Å²) in [7, 11) is 0. The predicted octanol–water partition coefficient (Wildman–Crippen LogP) is 2.87. The normalized spacial score (nSPS) is 11.4. The van der Waals surface area contributed by atoms with Gasteiger partial charge >= 0.3 is 5.97 Å². The Labute approximate surface area is 205 Å². The van der Waals surface area contributed by atoms with Gasteiger partial charge in [0.1, 0.15) is 10.6 Å². The fourth-order valence-corrected chi connectivity index (χ4v) is 3.97. The highest BCUT2D eigenvalue weighted by atomic mass is 32.2. The van der Waals surface area contributed by atoms with Crippen LogP contribution >= 0.6 is 11.8 Å². The van der Waals surface area contributed by atoms with Crippen LogP contribution in [0.3, 0.4) is 0 Å². The molecule has 34 heavy (non-hydrogen) atoms. The van der Waals surface area contributed by atoms with Gasteiger partial charge < -0.3 is 26.3 Å². The number of nitrogens with one attached hydrogen (secondary N) is 1. The summed E-state index contributed by atoms with van der Waals surface area (Å²) in [5.74, 6) is 0.201. The van der Waals surface area contributed by atoms with Crippen LogP contribution in [-0.4, -0.2) is 59.5 Å². The van der Waals surface area contributed by atoms with E-state index in [0.717, 1.165) is 16.7 Å². The second kappa shape index (κ2) is 12.7. The van der Waals surface area contributed by atoms with E-state index in [1.807, 2.05) is 46.8 Å². The van der Waals surface area contributed by atoms with Gasteiger partial charge in [-0.3, -0.25) is 4.79 Å². The van der Waals surface area contributed by atoms with Crippen LogP contribution in [0.2, 0.25) is 0 Å². The molecule has 0 aliphatic carbocycles. The average molecular weight is 490 g/mol. The Kier molecular flexibility index (Phi) is 10.3. The van der Waals surface area contributed by atoms with Crippen molar-refractivity contribution >= 4 is 29.6 Å². The van der Waals surface area contributed by atoms with E-state index in [2.05, 4.69) is 15.3 Å². The lowest BCUT2D eigenvalue weighted by molar-refractivity contribution is -0.120. The van der Waals surface area contributed by atoms with Gasteiger partial charge in [-0.1, -0.05) is 6.07 Å². The van der Waals surface area contributed by atoms with Crippen LogP contribution in [0.5, 0.6) is 0 Å². The van der Waals surface area contributed by atoms with Crippen LogP contribution < -0.4 is 16.8 Å². The summed E-state index contributed by atoms with van der Waals surface area (Å²) in [6, 6.07) is 5.53. The van der Waals surface area contributed by atoms with Gasteiger partial charge in [-0.25, -0.2) is 14.8 Å². The van der Waals surface area contributed by atoms with Gasteiger partial charge in [0.05, 0.1) is 24.5 Å². The Morgan fingerprint density at radius 1 is 1.09 bits per heavy atom. The van der Waals surface area contributed by atoms with Crippen molar-refractivity contribution in [2.75, 3.05) is 37.8 Å². The van der Waals surface area contributed by atoms with Crippen LogP contribution in [0, 0.1) is 13.8 Å². The highest BCUT2D eigenvalue weighted by Gasteiger charge is 2.21. The third kappa shape index (κ3) is 8.92. The fourth-order valence-electron chi connectivity index (χ4n) is 3.12. The number of carbonyl (C=O) groups excluding carboxylic acids is 2. The van der Waals surface area contributed by atoms with Gasteiger partial charge in [-0.2, -0.15) is 0 Å². The molecular formula is C24H35N5O4S. The van der Waals surface area contributed by atoms with Gasteiger partial charge in [0.2, 0.25) is 11.9 Å². The van der Waals surface area contributed by atoms with E-state index in [9.17, 15) is 9.59 Å². The number of aromatic nitrogens is 2. The number of hydrogen-bond donors (Lipinski definition) is 3. The lowest BCUT2D eigenvalue weighted by atomic mass is 9.97. The number of aryl methyl sites for hydroxylation is 2. The van der Waals surface area contributed by atoms with E-state index >= 15 is 0 Å². The summed E-state index contributed by atoms with van der Waals surface area (Å²) in [6.07, 6.45) is 0.327. The molecule has 0 fully saturated rings. The molecule has 0 atom stereocenters. The number of nitrogen functional groups attached to an aromatic ring is 1. The van der Waals surface area contributed by atoms with Crippen LogP contribution in [0.25, 0.3) is 11.3 Å². The number of nitrogens with zero attached hydrogens (tertiary/aromatic N) is 2. The SMILES string of the molecule is Cc1cc(C)c(-c2cc(SCCC(=O)NCCOCCN)nc(N)n2)cc1C(=O)OC(C)(C)C. The van der Waals surface area contributed by atoms with E-state index in [1.54, 1.807) is 6.07 Å². The average Bonchev–Trinajstić information content (AvgIpc) is 2.72. The number of benzene rings is 1. The molecular weight excluding hydrogens is 454 g/mol. The summed E-state index contributed by atoms with van der Waals surface area (Å²) >= 11 is 1.42. The predicted molar refractivity (Wildman–Crippen MR) is 135 cm³/mol. The van der Waals surface area contributed by atoms with Crippen LogP contribution in [0.4, 0.5) is 5.95 Å². The Morgan fingerprint density at radius 2 is 1.82 bits per heavy atom. The van der Waals surface area contributed by atoms with Crippen molar-refractivity contribution in [1.29, 1.82) is 0 Å². The maximum Gasteiger partial charge on any atom is 0.338 e. The van der Waals surface area contributed by atoms with E-state index in [-0.39, 0.29) is 17.8 Å². The zero-order chi connectivity index (χ0) is 25.3. The largest absolute Gasteiger partial charge is 0.456 e. The maximum atomic E-state index is 12.7. The van der Waals surface area contributed by atoms with Crippen molar-refractivity contribution in [3.63, 3.8) is 0 Å². The van der Waals surface area contributed by atoms with E-state index < -0.39 is 5.60 Å². The molecule has 0 saturated carbocycles. The number of esters is 1. The van der Waals surface area contributed by atoms with Crippen molar-refractivity contribution in [3.8, 4) is 11.3 Å². The number of amides is 1. The summed E-state index contributed by atoms with van der Waals surface area (Å²) < 4.78 is 10.8. The number of thioether (sulfide) groups is 1. The molecule has 2 rings (SSSR count). The highest BCUT2D eigenvalue weighted by Crippen LogP contribution is 2.29. The number of anilines is 1. The molecule has 0 aliphatic heterocycles. The quantitative estimate of drug-likeness (QED) is 0.188. The molecule has 1 amide bonds. The van der Waals surface area contributed by atoms with Gasteiger partial charge in [0.15, 0.2) is 0 Å². The van der Waals surface area contributed by atoms with Gasteiger partial charge in [0.25, 0.3) is 0 Å². The van der Waals surface area contributed by atoms with Crippen LogP contribution in [0.1, 0.15) is 48.7 Å². The third-order valence-corrected chi connectivity index (χ3v) is 5.51. The summed E-state index contributed by atoms with van der Waals surface area (Å²) in [5, 5.41) is 3.46. The molecule has 186 valence electrons. The molecule has 1 heterocycles. The molecule has 0 aliphatic rings. The molecule has 1 aromatic carbocycles. The number of rotatable bonds is 11. The molecule has 1 aromatic heterocycles. The third-order valence-electron chi connectivity index (χ3n) is 4.60. The van der Waals surface area contributed by atoms with Crippen molar-refractivity contribution in [2.24, 2.45) is 5.73 Å². The Bertz CT molecular complexity index is 1010. The van der Waals surface area contributed by atoms with Gasteiger partial charge in [-0.05, 0) is 57.9 Å². The van der Waals surface area contributed by atoms with Gasteiger partial charge in [0, 0.05) is 30.8 Å². The topological polar surface area (TPSA) is 142 Å².